The number of amides is 3. The third kappa shape index (κ3) is 3.83. The van der Waals surface area contributed by atoms with Gasteiger partial charge in [-0.05, 0) is 55.1 Å². The van der Waals surface area contributed by atoms with Gasteiger partial charge >= 0.3 is 0 Å². The van der Waals surface area contributed by atoms with Crippen LogP contribution in [0.1, 0.15) is 12.5 Å². The summed E-state index contributed by atoms with van der Waals surface area (Å²) in [4.78, 5) is 37.0. The number of carbonyl (C=O) groups is 3. The number of thioether (sulfide) groups is 1. The normalized spacial score (nSPS) is 16.9. The molecule has 1 unspecified atom stereocenters. The number of imide groups is 1. The summed E-state index contributed by atoms with van der Waals surface area (Å²) in [7, 11) is 0. The van der Waals surface area contributed by atoms with E-state index in [-0.39, 0.29) is 17.1 Å². The van der Waals surface area contributed by atoms with Crippen molar-refractivity contribution in [2.75, 3.05) is 15.5 Å². The minimum atomic E-state index is -0.680. The molecule has 2 N–H and O–H groups in total. The van der Waals surface area contributed by atoms with Crippen molar-refractivity contribution in [2.24, 2.45) is 0 Å². The average molecular weight is 355 g/mol. The molecule has 7 heteroatoms. The molecule has 0 bridgehead atoms. The number of hydrogen-bond donors (Lipinski definition) is 2. The molecule has 1 saturated heterocycles. The van der Waals surface area contributed by atoms with Gasteiger partial charge in [-0.1, -0.05) is 17.7 Å². The van der Waals surface area contributed by atoms with Crippen molar-refractivity contribution in [3.05, 3.63) is 54.1 Å². The Morgan fingerprint density at radius 3 is 2.20 bits per heavy atom. The lowest BCUT2D eigenvalue weighted by atomic mass is 10.2. The molecule has 2 aromatic carbocycles. The molecule has 0 aliphatic carbocycles. The van der Waals surface area contributed by atoms with Crippen LogP contribution in [-0.4, -0.2) is 22.4 Å². The van der Waals surface area contributed by atoms with Crippen molar-refractivity contribution in [1.82, 2.24) is 0 Å². The summed E-state index contributed by atoms with van der Waals surface area (Å²) in [5, 5.41) is 4.74. The number of rotatable bonds is 4. The van der Waals surface area contributed by atoms with E-state index in [0.717, 1.165) is 17.3 Å². The van der Waals surface area contributed by atoms with Gasteiger partial charge in [0, 0.05) is 18.3 Å². The third-order valence-electron chi connectivity index (χ3n) is 3.64. The number of hydrogen-bond acceptors (Lipinski definition) is 5. The number of benzene rings is 2. The quantitative estimate of drug-likeness (QED) is 0.876. The van der Waals surface area contributed by atoms with Crippen LogP contribution in [0.5, 0.6) is 0 Å². The highest BCUT2D eigenvalue weighted by Gasteiger charge is 2.40. The smallest absolute Gasteiger partial charge is 0.295 e. The molecule has 2 aromatic rings. The zero-order chi connectivity index (χ0) is 18.0. The van der Waals surface area contributed by atoms with Gasteiger partial charge in [-0.25, -0.2) is 4.90 Å². The van der Waals surface area contributed by atoms with Gasteiger partial charge in [-0.15, -0.1) is 0 Å². The SMILES string of the molecule is CC(=O)Nc1ccc(NC2SC(=O)N(c3ccc(C)cc3)C2=O)cc1. The molecule has 0 radical (unpaired) electrons. The Balaban J connectivity index is 1.71. The first-order chi connectivity index (χ1) is 11.9. The molecular weight excluding hydrogens is 338 g/mol. The van der Waals surface area contributed by atoms with E-state index in [9.17, 15) is 14.4 Å². The number of anilines is 3. The van der Waals surface area contributed by atoms with Crippen molar-refractivity contribution >= 4 is 45.9 Å². The topological polar surface area (TPSA) is 78.5 Å². The summed E-state index contributed by atoms with van der Waals surface area (Å²) >= 11 is 0.947. The Morgan fingerprint density at radius 2 is 1.60 bits per heavy atom. The zero-order valence-corrected chi connectivity index (χ0v) is 14.6. The molecule has 1 aliphatic rings. The van der Waals surface area contributed by atoms with E-state index in [2.05, 4.69) is 10.6 Å². The van der Waals surface area contributed by atoms with Crippen LogP contribution >= 0.6 is 11.8 Å². The van der Waals surface area contributed by atoms with Crippen molar-refractivity contribution in [3.63, 3.8) is 0 Å². The van der Waals surface area contributed by atoms with Crippen LogP contribution in [0.25, 0.3) is 0 Å². The predicted molar refractivity (Wildman–Crippen MR) is 99.8 cm³/mol. The standard InChI is InChI=1S/C18H17N3O3S/c1-11-3-9-15(10-4-11)21-17(23)16(25-18(21)24)20-14-7-5-13(6-8-14)19-12(2)22/h3-10,16,20H,1-2H3,(H,19,22). The Bertz CT molecular complexity index is 818. The molecular formula is C18H17N3O3S. The number of aryl methyl sites for hydroxylation is 1. The van der Waals surface area contributed by atoms with E-state index in [1.54, 1.807) is 36.4 Å². The van der Waals surface area contributed by atoms with Crippen LogP contribution in [0.4, 0.5) is 21.9 Å². The second-order valence-corrected chi connectivity index (χ2v) is 6.73. The maximum absolute atomic E-state index is 12.6. The first-order valence-electron chi connectivity index (χ1n) is 7.69. The summed E-state index contributed by atoms with van der Waals surface area (Å²) in [6.45, 7) is 3.38. The lowest BCUT2D eigenvalue weighted by Crippen LogP contribution is -2.34. The molecule has 0 spiro atoms. The monoisotopic (exact) mass is 355 g/mol. The molecule has 3 rings (SSSR count). The molecule has 1 fully saturated rings. The summed E-state index contributed by atoms with van der Waals surface area (Å²) in [6.07, 6.45) is 0. The fraction of sp³-hybridized carbons (Fsp3) is 0.167. The first kappa shape index (κ1) is 17.0. The molecule has 1 heterocycles. The van der Waals surface area contributed by atoms with Gasteiger partial charge in [0.05, 0.1) is 5.69 Å². The Labute approximate surface area is 149 Å². The molecule has 0 aromatic heterocycles. The highest BCUT2D eigenvalue weighted by molar-refractivity contribution is 8.16. The van der Waals surface area contributed by atoms with Crippen molar-refractivity contribution in [2.45, 2.75) is 19.2 Å². The van der Waals surface area contributed by atoms with E-state index in [4.69, 9.17) is 0 Å². The second kappa shape index (κ2) is 6.98. The molecule has 128 valence electrons. The highest BCUT2D eigenvalue weighted by Crippen LogP contribution is 2.32. The minimum absolute atomic E-state index is 0.151. The number of nitrogens with zero attached hydrogens (tertiary/aromatic N) is 1. The molecule has 0 saturated carbocycles. The summed E-state index contributed by atoms with van der Waals surface area (Å²) in [5.41, 5.74) is 2.99. The maximum Gasteiger partial charge on any atom is 0.295 e. The predicted octanol–water partition coefficient (Wildman–Crippen LogP) is 3.59. The largest absolute Gasteiger partial charge is 0.365 e. The van der Waals surface area contributed by atoms with Crippen molar-refractivity contribution in [3.8, 4) is 0 Å². The highest BCUT2D eigenvalue weighted by atomic mass is 32.2. The van der Waals surface area contributed by atoms with E-state index in [0.29, 0.717) is 17.1 Å². The second-order valence-electron chi connectivity index (χ2n) is 5.68. The average Bonchev–Trinajstić information content (AvgIpc) is 2.84. The lowest BCUT2D eigenvalue weighted by Gasteiger charge is -2.15. The molecule has 6 nitrogen and oxygen atoms in total. The van der Waals surface area contributed by atoms with Crippen LogP contribution in [-0.2, 0) is 9.59 Å². The molecule has 1 atom stereocenters. The minimum Gasteiger partial charge on any atom is -0.365 e. The van der Waals surface area contributed by atoms with Gasteiger partial charge < -0.3 is 10.6 Å². The first-order valence-corrected chi connectivity index (χ1v) is 8.57. The fourth-order valence-corrected chi connectivity index (χ4v) is 3.34. The van der Waals surface area contributed by atoms with Crippen LogP contribution in [0.15, 0.2) is 48.5 Å². The van der Waals surface area contributed by atoms with Gasteiger partial charge in [-0.2, -0.15) is 0 Å². The summed E-state index contributed by atoms with van der Waals surface area (Å²) in [5.74, 6) is -0.452. The molecule has 25 heavy (non-hydrogen) atoms. The van der Waals surface area contributed by atoms with E-state index in [1.807, 2.05) is 19.1 Å². The fourth-order valence-electron chi connectivity index (χ4n) is 2.43. The van der Waals surface area contributed by atoms with Crippen molar-refractivity contribution in [1.29, 1.82) is 0 Å². The zero-order valence-electron chi connectivity index (χ0n) is 13.8. The third-order valence-corrected chi connectivity index (χ3v) is 4.58. The van der Waals surface area contributed by atoms with Crippen LogP contribution in [0, 0.1) is 6.92 Å². The molecule has 1 aliphatic heterocycles. The Morgan fingerprint density at radius 1 is 1.00 bits per heavy atom. The van der Waals surface area contributed by atoms with Crippen molar-refractivity contribution < 1.29 is 14.4 Å². The Kier molecular flexibility index (Phi) is 4.76. The van der Waals surface area contributed by atoms with Gasteiger partial charge in [0.25, 0.3) is 11.1 Å². The maximum atomic E-state index is 12.6. The number of nitrogens with one attached hydrogen (secondary N) is 2. The van der Waals surface area contributed by atoms with Crippen LogP contribution in [0.3, 0.4) is 0 Å². The molecule has 3 amide bonds. The summed E-state index contributed by atoms with van der Waals surface area (Å²) < 4.78 is 0. The van der Waals surface area contributed by atoms with Gasteiger partial charge in [0.2, 0.25) is 5.91 Å². The lowest BCUT2D eigenvalue weighted by molar-refractivity contribution is -0.116. The van der Waals surface area contributed by atoms with Gasteiger partial charge in [-0.3, -0.25) is 14.4 Å². The van der Waals surface area contributed by atoms with Gasteiger partial charge in [0.1, 0.15) is 0 Å². The number of carbonyl (C=O) groups excluding carboxylic acids is 3. The summed E-state index contributed by atoms with van der Waals surface area (Å²) in [6, 6.07) is 14.2. The van der Waals surface area contributed by atoms with E-state index >= 15 is 0 Å². The van der Waals surface area contributed by atoms with Gasteiger partial charge in [0.15, 0.2) is 5.37 Å². The van der Waals surface area contributed by atoms with E-state index in [1.165, 1.54) is 11.8 Å². The van der Waals surface area contributed by atoms with Crippen LogP contribution < -0.4 is 15.5 Å². The van der Waals surface area contributed by atoms with Crippen LogP contribution in [0.2, 0.25) is 0 Å². The van der Waals surface area contributed by atoms with E-state index < -0.39 is 5.37 Å². The Hall–Kier alpha value is -2.80.